The predicted molar refractivity (Wildman–Crippen MR) is 79.6 cm³/mol. The highest BCUT2D eigenvalue weighted by Gasteiger charge is 2.29. The van der Waals surface area contributed by atoms with E-state index in [2.05, 4.69) is 10.6 Å². The monoisotopic (exact) mass is 308 g/mol. The zero-order valence-electron chi connectivity index (χ0n) is 11.8. The molecule has 1 aromatic rings. The first-order valence-corrected chi connectivity index (χ1v) is 9.06. The van der Waals surface area contributed by atoms with Gasteiger partial charge in [-0.05, 0) is 30.9 Å². The molecule has 0 spiro atoms. The van der Waals surface area contributed by atoms with Crippen molar-refractivity contribution in [3.05, 3.63) is 29.8 Å². The number of sulfone groups is 1. The van der Waals surface area contributed by atoms with E-state index >= 15 is 0 Å². The molecule has 1 heterocycles. The fourth-order valence-electron chi connectivity index (χ4n) is 2.69. The molecule has 5 nitrogen and oxygen atoms in total. The summed E-state index contributed by atoms with van der Waals surface area (Å²) in [7, 11) is -3.14. The second kappa shape index (κ2) is 5.77. The Balaban J connectivity index is 1.60. The lowest BCUT2D eigenvalue weighted by atomic mass is 10.0. The van der Waals surface area contributed by atoms with Crippen LogP contribution in [0.2, 0.25) is 0 Å². The van der Waals surface area contributed by atoms with Gasteiger partial charge >= 0.3 is 0 Å². The van der Waals surface area contributed by atoms with Crippen LogP contribution in [0.1, 0.15) is 37.3 Å². The summed E-state index contributed by atoms with van der Waals surface area (Å²) in [4.78, 5) is 12.1. The van der Waals surface area contributed by atoms with Gasteiger partial charge in [0.2, 0.25) is 5.91 Å². The molecule has 2 aliphatic rings. The van der Waals surface area contributed by atoms with Crippen molar-refractivity contribution in [2.45, 2.75) is 42.7 Å². The summed E-state index contributed by atoms with van der Waals surface area (Å²) in [5.74, 6) is 0.234. The molecule has 6 heteroatoms. The normalized spacial score (nSPS) is 23.3. The molecule has 0 radical (unpaired) electrons. The molecule has 1 aliphatic carbocycles. The van der Waals surface area contributed by atoms with E-state index in [4.69, 9.17) is 0 Å². The van der Waals surface area contributed by atoms with Crippen LogP contribution in [-0.4, -0.2) is 32.7 Å². The van der Waals surface area contributed by atoms with Gasteiger partial charge in [-0.3, -0.25) is 4.79 Å². The molecule has 1 aromatic carbocycles. The number of benzene rings is 1. The zero-order chi connectivity index (χ0) is 14.9. The zero-order valence-corrected chi connectivity index (χ0v) is 12.7. The van der Waals surface area contributed by atoms with Gasteiger partial charge < -0.3 is 10.6 Å². The van der Waals surface area contributed by atoms with Crippen LogP contribution >= 0.6 is 0 Å². The lowest BCUT2D eigenvalue weighted by molar-refractivity contribution is -0.121. The third-order valence-electron chi connectivity index (χ3n) is 3.99. The Morgan fingerprint density at radius 1 is 1.19 bits per heavy atom. The number of hydrogen-bond donors (Lipinski definition) is 2. The van der Waals surface area contributed by atoms with Crippen molar-refractivity contribution in [3.8, 4) is 0 Å². The minimum atomic E-state index is -3.14. The Hall–Kier alpha value is -1.40. The smallest absolute Gasteiger partial charge is 0.221 e. The summed E-state index contributed by atoms with van der Waals surface area (Å²) >= 11 is 0. The second-order valence-electron chi connectivity index (χ2n) is 5.74. The fraction of sp³-hybridized carbons (Fsp3) is 0.533. The Morgan fingerprint density at radius 3 is 2.71 bits per heavy atom. The number of hydrogen-bond acceptors (Lipinski definition) is 4. The molecule has 1 aliphatic heterocycles. The molecule has 0 bridgehead atoms. The predicted octanol–water partition coefficient (Wildman–Crippen LogP) is 1.16. The molecule has 1 saturated carbocycles. The Labute approximate surface area is 125 Å². The SMILES string of the molecule is O=C(CCNC1CCS(=O)(=O)c2ccccc21)NC1CC1. The maximum absolute atomic E-state index is 12.0. The number of fused-ring (bicyclic) bond motifs is 1. The summed E-state index contributed by atoms with van der Waals surface area (Å²) < 4.78 is 24.1. The molecular weight excluding hydrogens is 288 g/mol. The third-order valence-corrected chi connectivity index (χ3v) is 5.81. The maximum atomic E-state index is 12.0. The van der Waals surface area contributed by atoms with Crippen molar-refractivity contribution in [2.24, 2.45) is 0 Å². The van der Waals surface area contributed by atoms with Crippen LogP contribution < -0.4 is 10.6 Å². The highest BCUT2D eigenvalue weighted by Crippen LogP contribution is 2.31. The number of nitrogens with one attached hydrogen (secondary N) is 2. The molecule has 0 saturated heterocycles. The Morgan fingerprint density at radius 2 is 1.95 bits per heavy atom. The highest BCUT2D eigenvalue weighted by atomic mass is 32.2. The number of amides is 1. The van der Waals surface area contributed by atoms with E-state index in [-0.39, 0.29) is 17.7 Å². The Bertz CT molecular complexity index is 638. The molecule has 0 aromatic heterocycles. The Kier molecular flexibility index (Phi) is 3.99. The number of carbonyl (C=O) groups is 1. The summed E-state index contributed by atoms with van der Waals surface area (Å²) in [6.07, 6.45) is 3.17. The van der Waals surface area contributed by atoms with Gasteiger partial charge in [-0.2, -0.15) is 0 Å². The molecular formula is C15H20N2O3S. The lowest BCUT2D eigenvalue weighted by Gasteiger charge is -2.26. The first-order chi connectivity index (χ1) is 10.1. The largest absolute Gasteiger partial charge is 0.353 e. The summed E-state index contributed by atoms with van der Waals surface area (Å²) in [6, 6.07) is 7.53. The van der Waals surface area contributed by atoms with Gasteiger partial charge in [0.15, 0.2) is 9.84 Å². The molecule has 3 rings (SSSR count). The van der Waals surface area contributed by atoms with Crippen molar-refractivity contribution < 1.29 is 13.2 Å². The van der Waals surface area contributed by atoms with E-state index in [1.54, 1.807) is 12.1 Å². The maximum Gasteiger partial charge on any atom is 0.221 e. The van der Waals surface area contributed by atoms with E-state index in [1.807, 2.05) is 12.1 Å². The summed E-state index contributed by atoms with van der Waals surface area (Å²) in [5, 5.41) is 6.26. The number of rotatable bonds is 5. The third kappa shape index (κ3) is 3.44. The number of carbonyl (C=O) groups excluding carboxylic acids is 1. The standard InChI is InChI=1S/C15H20N2O3S/c18-15(17-11-5-6-11)7-9-16-13-8-10-21(19,20)14-4-2-1-3-12(13)14/h1-4,11,13,16H,5-10H2,(H,17,18). The van der Waals surface area contributed by atoms with Gasteiger partial charge in [0.25, 0.3) is 0 Å². The average molecular weight is 308 g/mol. The molecule has 1 fully saturated rings. The minimum absolute atomic E-state index is 0.0125. The molecule has 114 valence electrons. The highest BCUT2D eigenvalue weighted by molar-refractivity contribution is 7.91. The van der Waals surface area contributed by atoms with E-state index in [9.17, 15) is 13.2 Å². The molecule has 1 unspecified atom stereocenters. The van der Waals surface area contributed by atoms with Crippen molar-refractivity contribution in [1.29, 1.82) is 0 Å². The quantitative estimate of drug-likeness (QED) is 0.856. The average Bonchev–Trinajstić information content (AvgIpc) is 3.26. The summed E-state index contributed by atoms with van der Waals surface area (Å²) in [6.45, 7) is 0.567. The lowest BCUT2D eigenvalue weighted by Crippen LogP contribution is -2.33. The van der Waals surface area contributed by atoms with Gasteiger partial charge in [-0.25, -0.2) is 8.42 Å². The summed E-state index contributed by atoms with van der Waals surface area (Å²) in [5.41, 5.74) is 0.825. The van der Waals surface area contributed by atoms with Gasteiger partial charge in [0, 0.05) is 25.0 Å². The topological polar surface area (TPSA) is 75.3 Å². The van der Waals surface area contributed by atoms with Gasteiger partial charge in [-0.15, -0.1) is 0 Å². The minimum Gasteiger partial charge on any atom is -0.353 e. The molecule has 1 atom stereocenters. The van der Waals surface area contributed by atoms with Crippen LogP contribution in [0.4, 0.5) is 0 Å². The van der Waals surface area contributed by atoms with E-state index < -0.39 is 9.84 Å². The van der Waals surface area contributed by atoms with Crippen LogP contribution in [0, 0.1) is 0 Å². The molecule has 21 heavy (non-hydrogen) atoms. The van der Waals surface area contributed by atoms with E-state index in [1.165, 1.54) is 0 Å². The van der Waals surface area contributed by atoms with Crippen LogP contribution in [-0.2, 0) is 14.6 Å². The van der Waals surface area contributed by atoms with Crippen molar-refractivity contribution in [1.82, 2.24) is 10.6 Å². The fourth-order valence-corrected chi connectivity index (χ4v) is 4.31. The van der Waals surface area contributed by atoms with E-state index in [0.717, 1.165) is 18.4 Å². The van der Waals surface area contributed by atoms with E-state index in [0.29, 0.717) is 30.3 Å². The van der Waals surface area contributed by atoms with Crippen molar-refractivity contribution in [2.75, 3.05) is 12.3 Å². The first kappa shape index (κ1) is 14.5. The molecule has 1 amide bonds. The van der Waals surface area contributed by atoms with Crippen molar-refractivity contribution in [3.63, 3.8) is 0 Å². The van der Waals surface area contributed by atoms with Crippen LogP contribution in [0.25, 0.3) is 0 Å². The molecule has 2 N–H and O–H groups in total. The van der Waals surface area contributed by atoms with Crippen molar-refractivity contribution >= 4 is 15.7 Å². The van der Waals surface area contributed by atoms with Gasteiger partial charge in [-0.1, -0.05) is 18.2 Å². The second-order valence-corrected chi connectivity index (χ2v) is 7.82. The first-order valence-electron chi connectivity index (χ1n) is 7.41. The van der Waals surface area contributed by atoms with Gasteiger partial charge in [0.05, 0.1) is 10.6 Å². The van der Waals surface area contributed by atoms with Crippen LogP contribution in [0.15, 0.2) is 29.2 Å². The van der Waals surface area contributed by atoms with Crippen LogP contribution in [0.3, 0.4) is 0 Å². The van der Waals surface area contributed by atoms with Gasteiger partial charge in [0.1, 0.15) is 0 Å². The van der Waals surface area contributed by atoms with Crippen LogP contribution in [0.5, 0.6) is 0 Å².